The maximum absolute atomic E-state index is 12.1. The zero-order valence-electron chi connectivity index (χ0n) is 19.0. The number of carbonyl (C=O) groups is 1. The molecule has 0 saturated carbocycles. The van der Waals surface area contributed by atoms with E-state index in [1.54, 1.807) is 0 Å². The fraction of sp³-hybridized carbons (Fsp3) is 0.522. The topological polar surface area (TPSA) is 83.8 Å². The van der Waals surface area contributed by atoms with Crippen LogP contribution < -0.4 is 10.6 Å². The van der Waals surface area contributed by atoms with Crippen LogP contribution in [-0.2, 0) is 17.8 Å². The van der Waals surface area contributed by atoms with Crippen molar-refractivity contribution in [1.29, 1.82) is 0 Å². The van der Waals surface area contributed by atoms with Gasteiger partial charge < -0.3 is 20.3 Å². The van der Waals surface area contributed by atoms with Crippen molar-refractivity contribution in [2.45, 2.75) is 58.8 Å². The lowest BCUT2D eigenvalue weighted by atomic mass is 10.2. The first-order valence-electron chi connectivity index (χ1n) is 10.9. The maximum atomic E-state index is 12.1. The Bertz CT molecular complexity index is 872. The molecular formula is C23H34N6O2. The summed E-state index contributed by atoms with van der Waals surface area (Å²) in [5.41, 5.74) is 1.78. The highest BCUT2D eigenvalue weighted by Gasteiger charge is 2.27. The van der Waals surface area contributed by atoms with E-state index in [4.69, 9.17) is 9.73 Å². The molecule has 8 heteroatoms. The minimum absolute atomic E-state index is 0.0485. The van der Waals surface area contributed by atoms with Gasteiger partial charge in [0.1, 0.15) is 5.60 Å². The third-order valence-electron chi connectivity index (χ3n) is 4.83. The molecule has 31 heavy (non-hydrogen) atoms. The molecule has 1 atom stereocenters. The number of amides is 1. The Morgan fingerprint density at radius 2 is 2.03 bits per heavy atom. The van der Waals surface area contributed by atoms with Crippen molar-refractivity contribution in [1.82, 2.24) is 25.3 Å². The smallest absolute Gasteiger partial charge is 0.407 e. The predicted octanol–water partition coefficient (Wildman–Crippen LogP) is 3.00. The normalized spacial score (nSPS) is 17.0. The molecule has 8 nitrogen and oxygen atoms in total. The Hall–Kier alpha value is -3.03. The lowest BCUT2D eigenvalue weighted by Gasteiger charge is -2.23. The molecular weight excluding hydrogens is 392 g/mol. The van der Waals surface area contributed by atoms with Crippen LogP contribution in [0.1, 0.15) is 45.2 Å². The molecule has 0 spiro atoms. The van der Waals surface area contributed by atoms with Gasteiger partial charge in [-0.1, -0.05) is 30.3 Å². The van der Waals surface area contributed by atoms with Gasteiger partial charge in [0.2, 0.25) is 0 Å². The Kier molecular flexibility index (Phi) is 7.55. The van der Waals surface area contributed by atoms with Crippen LogP contribution in [0, 0.1) is 0 Å². The summed E-state index contributed by atoms with van der Waals surface area (Å²) in [6.45, 7) is 11.3. The SMILES string of the molecule is CCNC(=NCc1cnn(Cc2ccccc2)c1)N1CCC(NC(=O)OC(C)(C)C)C1. The third kappa shape index (κ3) is 7.31. The van der Waals surface area contributed by atoms with Crippen LogP contribution in [0.5, 0.6) is 0 Å². The zero-order chi connectivity index (χ0) is 22.3. The second-order valence-corrected chi connectivity index (χ2v) is 8.78. The second kappa shape index (κ2) is 10.3. The van der Waals surface area contributed by atoms with Gasteiger partial charge in [-0.05, 0) is 39.7 Å². The van der Waals surface area contributed by atoms with E-state index in [-0.39, 0.29) is 12.1 Å². The van der Waals surface area contributed by atoms with Crippen LogP contribution in [0.3, 0.4) is 0 Å². The van der Waals surface area contributed by atoms with E-state index in [2.05, 4.69) is 39.7 Å². The van der Waals surface area contributed by atoms with Gasteiger partial charge in [-0.2, -0.15) is 5.10 Å². The summed E-state index contributed by atoms with van der Waals surface area (Å²) in [4.78, 5) is 19.0. The van der Waals surface area contributed by atoms with Gasteiger partial charge in [-0.25, -0.2) is 9.79 Å². The van der Waals surface area contributed by atoms with E-state index in [0.29, 0.717) is 13.1 Å². The van der Waals surface area contributed by atoms with Gasteiger partial charge in [0.25, 0.3) is 0 Å². The van der Waals surface area contributed by atoms with Crippen molar-refractivity contribution < 1.29 is 9.53 Å². The highest BCUT2D eigenvalue weighted by atomic mass is 16.6. The van der Waals surface area contributed by atoms with Crippen molar-refractivity contribution in [3.63, 3.8) is 0 Å². The minimum Gasteiger partial charge on any atom is -0.444 e. The molecule has 1 fully saturated rings. The second-order valence-electron chi connectivity index (χ2n) is 8.78. The molecule has 2 heterocycles. The van der Waals surface area contributed by atoms with Crippen LogP contribution in [-0.4, -0.2) is 58.0 Å². The number of guanidine groups is 1. The molecule has 0 aliphatic carbocycles. The van der Waals surface area contributed by atoms with Gasteiger partial charge in [0.15, 0.2) is 5.96 Å². The molecule has 1 saturated heterocycles. The van der Waals surface area contributed by atoms with E-state index in [1.165, 1.54) is 5.56 Å². The number of aromatic nitrogens is 2. The lowest BCUT2D eigenvalue weighted by Crippen LogP contribution is -2.44. The summed E-state index contributed by atoms with van der Waals surface area (Å²) in [5, 5.41) is 10.8. The first-order chi connectivity index (χ1) is 14.8. The molecule has 0 bridgehead atoms. The highest BCUT2D eigenvalue weighted by molar-refractivity contribution is 5.80. The van der Waals surface area contributed by atoms with Gasteiger partial charge in [-0.15, -0.1) is 0 Å². The fourth-order valence-corrected chi connectivity index (χ4v) is 3.48. The number of rotatable bonds is 6. The van der Waals surface area contributed by atoms with E-state index < -0.39 is 5.60 Å². The lowest BCUT2D eigenvalue weighted by molar-refractivity contribution is 0.0507. The van der Waals surface area contributed by atoms with Crippen molar-refractivity contribution in [3.05, 3.63) is 53.9 Å². The quantitative estimate of drug-likeness (QED) is 0.548. The standard InChI is InChI=1S/C23H34N6O2/c1-5-24-21(28-12-11-20(17-28)27-22(30)31-23(2,3)4)25-13-19-14-26-29(16-19)15-18-9-7-6-8-10-18/h6-10,14,16,20H,5,11-13,15,17H2,1-4H3,(H,24,25)(H,27,30). The van der Waals surface area contributed by atoms with Crippen molar-refractivity contribution in [2.24, 2.45) is 4.99 Å². The number of benzene rings is 1. The van der Waals surface area contributed by atoms with Gasteiger partial charge in [-0.3, -0.25) is 4.68 Å². The molecule has 168 valence electrons. The first kappa shape index (κ1) is 22.7. The highest BCUT2D eigenvalue weighted by Crippen LogP contribution is 2.13. The average molecular weight is 427 g/mol. The maximum Gasteiger partial charge on any atom is 0.407 e. The molecule has 1 aliphatic heterocycles. The fourth-order valence-electron chi connectivity index (χ4n) is 3.48. The Morgan fingerprint density at radius 3 is 2.74 bits per heavy atom. The molecule has 1 amide bonds. The molecule has 1 aromatic heterocycles. The molecule has 1 aromatic carbocycles. The van der Waals surface area contributed by atoms with Crippen LogP contribution >= 0.6 is 0 Å². The Morgan fingerprint density at radius 1 is 1.26 bits per heavy atom. The minimum atomic E-state index is -0.496. The summed E-state index contributed by atoms with van der Waals surface area (Å²) in [6.07, 6.45) is 4.40. The average Bonchev–Trinajstić information content (AvgIpc) is 3.34. The monoisotopic (exact) mass is 426 g/mol. The van der Waals surface area contributed by atoms with Crippen LogP contribution in [0.4, 0.5) is 4.79 Å². The molecule has 3 rings (SSSR count). The number of carbonyl (C=O) groups excluding carboxylic acids is 1. The molecule has 0 radical (unpaired) electrons. The number of aliphatic imine (C=N–C) groups is 1. The van der Waals surface area contributed by atoms with Crippen molar-refractivity contribution in [2.75, 3.05) is 19.6 Å². The summed E-state index contributed by atoms with van der Waals surface area (Å²) in [6, 6.07) is 10.3. The van der Waals surface area contributed by atoms with Crippen LogP contribution in [0.2, 0.25) is 0 Å². The van der Waals surface area contributed by atoms with Crippen molar-refractivity contribution in [3.8, 4) is 0 Å². The summed E-state index contributed by atoms with van der Waals surface area (Å²) >= 11 is 0. The summed E-state index contributed by atoms with van der Waals surface area (Å²) in [7, 11) is 0. The van der Waals surface area contributed by atoms with Gasteiger partial charge in [0.05, 0.1) is 25.3 Å². The molecule has 1 unspecified atom stereocenters. The first-order valence-corrected chi connectivity index (χ1v) is 10.9. The number of alkyl carbamates (subject to hydrolysis) is 1. The number of hydrogen-bond donors (Lipinski definition) is 2. The summed E-state index contributed by atoms with van der Waals surface area (Å²) < 4.78 is 7.30. The van der Waals surface area contributed by atoms with Gasteiger partial charge >= 0.3 is 6.09 Å². The van der Waals surface area contributed by atoms with E-state index in [9.17, 15) is 4.79 Å². The van der Waals surface area contributed by atoms with Crippen molar-refractivity contribution >= 4 is 12.1 Å². The van der Waals surface area contributed by atoms with Crippen LogP contribution in [0.25, 0.3) is 0 Å². The zero-order valence-corrected chi connectivity index (χ0v) is 19.0. The van der Waals surface area contributed by atoms with Gasteiger partial charge in [0, 0.05) is 31.4 Å². The molecule has 2 N–H and O–H groups in total. The number of nitrogens with one attached hydrogen (secondary N) is 2. The third-order valence-corrected chi connectivity index (χ3v) is 4.83. The number of likely N-dealkylation sites (tertiary alicyclic amines) is 1. The number of hydrogen-bond acceptors (Lipinski definition) is 4. The molecule has 1 aliphatic rings. The van der Waals surface area contributed by atoms with E-state index >= 15 is 0 Å². The number of nitrogens with zero attached hydrogens (tertiary/aromatic N) is 4. The molecule has 2 aromatic rings. The van der Waals surface area contributed by atoms with E-state index in [1.807, 2.05) is 56.0 Å². The predicted molar refractivity (Wildman–Crippen MR) is 122 cm³/mol. The number of ether oxygens (including phenoxy) is 1. The largest absolute Gasteiger partial charge is 0.444 e. The van der Waals surface area contributed by atoms with E-state index in [0.717, 1.165) is 37.6 Å². The Labute approximate surface area is 184 Å². The van der Waals surface area contributed by atoms with Crippen LogP contribution in [0.15, 0.2) is 47.7 Å². The summed E-state index contributed by atoms with van der Waals surface area (Å²) in [5.74, 6) is 0.854. The Balaban J connectivity index is 1.55.